The number of aliphatic hydroxyl groups excluding tert-OH is 3. The molecule has 0 fully saturated rings. The molecule has 0 bridgehead atoms. The van der Waals surface area contributed by atoms with Gasteiger partial charge in [0, 0.05) is 0 Å². The summed E-state index contributed by atoms with van der Waals surface area (Å²) in [5.74, 6) is 0. The van der Waals surface area contributed by atoms with E-state index in [-0.39, 0.29) is 19.8 Å². The molecule has 0 radical (unpaired) electrons. The van der Waals surface area contributed by atoms with Gasteiger partial charge in [0.2, 0.25) is 0 Å². The molecule has 0 saturated carbocycles. The van der Waals surface area contributed by atoms with Gasteiger partial charge in [0.05, 0.1) is 35.3 Å². The predicted molar refractivity (Wildman–Crippen MR) is 59.4 cm³/mol. The number of hydrogen-bond donors (Lipinski definition) is 3. The molecule has 0 atom stereocenters. The van der Waals surface area contributed by atoms with Gasteiger partial charge in [-0.25, -0.2) is 0 Å². The number of halogens is 2. The second-order valence-electron chi connectivity index (χ2n) is 3.38. The minimum Gasteiger partial charge on any atom is -0.395 e. The molecule has 1 rings (SSSR count). The molecular formula is C10H12Cl2O3. The fraction of sp³-hybridized carbons (Fsp3) is 0.400. The molecule has 0 aliphatic heterocycles. The number of hydrogen-bond acceptors (Lipinski definition) is 3. The largest absolute Gasteiger partial charge is 0.395 e. The van der Waals surface area contributed by atoms with Crippen LogP contribution in [0.25, 0.3) is 0 Å². The van der Waals surface area contributed by atoms with Crippen LogP contribution in [-0.4, -0.2) is 35.1 Å². The Bertz CT molecular complexity index is 329. The summed E-state index contributed by atoms with van der Waals surface area (Å²) in [6.45, 7) is -1.09. The van der Waals surface area contributed by atoms with E-state index in [1.54, 1.807) is 12.1 Å². The molecular weight excluding hydrogens is 239 g/mol. The third-order valence-electron chi connectivity index (χ3n) is 2.44. The van der Waals surface area contributed by atoms with Crippen molar-refractivity contribution in [3.05, 3.63) is 33.8 Å². The van der Waals surface area contributed by atoms with Crippen molar-refractivity contribution < 1.29 is 15.3 Å². The van der Waals surface area contributed by atoms with E-state index in [1.165, 1.54) is 6.07 Å². The van der Waals surface area contributed by atoms with E-state index in [0.717, 1.165) is 0 Å². The quantitative estimate of drug-likeness (QED) is 0.753. The van der Waals surface area contributed by atoms with Crippen LogP contribution in [0.1, 0.15) is 5.56 Å². The fourth-order valence-corrected chi connectivity index (χ4v) is 1.55. The number of benzene rings is 1. The van der Waals surface area contributed by atoms with Gasteiger partial charge in [0.25, 0.3) is 0 Å². The van der Waals surface area contributed by atoms with Crippen LogP contribution in [0.4, 0.5) is 0 Å². The molecule has 0 aromatic heterocycles. The Morgan fingerprint density at radius 3 is 1.87 bits per heavy atom. The van der Waals surface area contributed by atoms with Gasteiger partial charge in [0.15, 0.2) is 0 Å². The van der Waals surface area contributed by atoms with E-state index >= 15 is 0 Å². The minimum atomic E-state index is -1.08. The maximum absolute atomic E-state index is 9.19. The van der Waals surface area contributed by atoms with Crippen LogP contribution < -0.4 is 0 Å². The molecule has 5 heteroatoms. The zero-order chi connectivity index (χ0) is 11.5. The molecule has 0 amide bonds. The molecule has 0 spiro atoms. The van der Waals surface area contributed by atoms with Crippen LogP contribution in [0.5, 0.6) is 0 Å². The topological polar surface area (TPSA) is 60.7 Å². The molecule has 0 heterocycles. The lowest BCUT2D eigenvalue weighted by molar-refractivity contribution is 0.0641. The van der Waals surface area contributed by atoms with E-state index < -0.39 is 5.41 Å². The standard InChI is InChI=1S/C10H12Cl2O3/c11-8-2-1-7(3-9(8)12)10(4-13,5-14)6-15/h1-3,13-15H,4-6H2. The Morgan fingerprint density at radius 1 is 0.933 bits per heavy atom. The van der Waals surface area contributed by atoms with Crippen molar-refractivity contribution in [2.24, 2.45) is 0 Å². The van der Waals surface area contributed by atoms with Crippen molar-refractivity contribution >= 4 is 23.2 Å². The highest BCUT2D eigenvalue weighted by Crippen LogP contribution is 2.29. The van der Waals surface area contributed by atoms with E-state index in [4.69, 9.17) is 23.2 Å². The van der Waals surface area contributed by atoms with Gasteiger partial charge < -0.3 is 15.3 Å². The molecule has 3 N–H and O–H groups in total. The molecule has 0 aliphatic rings. The Kier molecular flexibility index (Phi) is 4.37. The maximum Gasteiger partial charge on any atom is 0.0646 e. The number of rotatable bonds is 4. The summed E-state index contributed by atoms with van der Waals surface area (Å²) < 4.78 is 0. The van der Waals surface area contributed by atoms with E-state index in [0.29, 0.717) is 15.6 Å². The minimum absolute atomic E-state index is 0.328. The third-order valence-corrected chi connectivity index (χ3v) is 3.18. The fourth-order valence-electron chi connectivity index (χ4n) is 1.25. The molecule has 15 heavy (non-hydrogen) atoms. The van der Waals surface area contributed by atoms with Crippen LogP contribution in [0, 0.1) is 0 Å². The van der Waals surface area contributed by atoms with Gasteiger partial charge >= 0.3 is 0 Å². The summed E-state index contributed by atoms with van der Waals surface area (Å²) in [5, 5.41) is 28.3. The Balaban J connectivity index is 3.17. The molecule has 3 nitrogen and oxygen atoms in total. The van der Waals surface area contributed by atoms with E-state index in [9.17, 15) is 15.3 Å². The second kappa shape index (κ2) is 5.14. The van der Waals surface area contributed by atoms with Gasteiger partial charge in [-0.15, -0.1) is 0 Å². The molecule has 1 aromatic carbocycles. The van der Waals surface area contributed by atoms with Crippen LogP contribution in [0.3, 0.4) is 0 Å². The van der Waals surface area contributed by atoms with E-state index in [2.05, 4.69) is 0 Å². The lowest BCUT2D eigenvalue weighted by Gasteiger charge is -2.28. The van der Waals surface area contributed by atoms with Crippen LogP contribution >= 0.6 is 23.2 Å². The van der Waals surface area contributed by atoms with Gasteiger partial charge in [-0.1, -0.05) is 29.3 Å². The summed E-state index contributed by atoms with van der Waals surface area (Å²) in [6, 6.07) is 4.72. The van der Waals surface area contributed by atoms with Crippen molar-refractivity contribution in [1.82, 2.24) is 0 Å². The molecule has 1 aromatic rings. The van der Waals surface area contributed by atoms with Crippen LogP contribution in [0.15, 0.2) is 18.2 Å². The lowest BCUT2D eigenvalue weighted by atomic mass is 9.83. The summed E-state index contributed by atoms with van der Waals surface area (Å²) in [7, 11) is 0. The Hall–Kier alpha value is -0.320. The highest BCUT2D eigenvalue weighted by atomic mass is 35.5. The first-order chi connectivity index (χ1) is 7.09. The SMILES string of the molecule is OCC(CO)(CO)c1ccc(Cl)c(Cl)c1. The predicted octanol–water partition coefficient (Wildman–Crippen LogP) is 1.21. The monoisotopic (exact) mass is 250 g/mol. The zero-order valence-electron chi connectivity index (χ0n) is 7.95. The molecule has 0 saturated heterocycles. The third kappa shape index (κ3) is 2.44. The zero-order valence-corrected chi connectivity index (χ0v) is 9.46. The smallest absolute Gasteiger partial charge is 0.0646 e. The van der Waals surface area contributed by atoms with Crippen LogP contribution in [-0.2, 0) is 5.41 Å². The average molecular weight is 251 g/mol. The first-order valence-electron chi connectivity index (χ1n) is 4.38. The van der Waals surface area contributed by atoms with Gasteiger partial charge in [0.1, 0.15) is 0 Å². The van der Waals surface area contributed by atoms with Crippen molar-refractivity contribution in [2.45, 2.75) is 5.41 Å². The van der Waals surface area contributed by atoms with Gasteiger partial charge in [-0.2, -0.15) is 0 Å². The summed E-state index contributed by atoms with van der Waals surface area (Å²) in [6.07, 6.45) is 0. The first kappa shape index (κ1) is 12.7. The molecule has 84 valence electrons. The second-order valence-corrected chi connectivity index (χ2v) is 4.20. The molecule has 0 unspecified atom stereocenters. The Morgan fingerprint density at radius 2 is 1.47 bits per heavy atom. The summed E-state index contributed by atoms with van der Waals surface area (Å²) in [5.41, 5.74) is -0.516. The highest BCUT2D eigenvalue weighted by Gasteiger charge is 2.30. The van der Waals surface area contributed by atoms with Crippen molar-refractivity contribution in [3.8, 4) is 0 Å². The van der Waals surface area contributed by atoms with Gasteiger partial charge in [-0.3, -0.25) is 0 Å². The number of aliphatic hydroxyl groups is 3. The average Bonchev–Trinajstić information content (AvgIpc) is 2.26. The molecule has 0 aliphatic carbocycles. The summed E-state index contributed by atoms with van der Waals surface area (Å²) in [4.78, 5) is 0. The Labute approximate surface area is 97.9 Å². The van der Waals surface area contributed by atoms with Crippen molar-refractivity contribution in [2.75, 3.05) is 19.8 Å². The van der Waals surface area contributed by atoms with Gasteiger partial charge in [-0.05, 0) is 17.7 Å². The maximum atomic E-state index is 9.19. The van der Waals surface area contributed by atoms with Crippen molar-refractivity contribution in [1.29, 1.82) is 0 Å². The lowest BCUT2D eigenvalue weighted by Crippen LogP contribution is -2.38. The van der Waals surface area contributed by atoms with Crippen LogP contribution in [0.2, 0.25) is 10.0 Å². The first-order valence-corrected chi connectivity index (χ1v) is 5.13. The summed E-state index contributed by atoms with van der Waals surface area (Å²) >= 11 is 11.6. The van der Waals surface area contributed by atoms with E-state index in [1.807, 2.05) is 0 Å². The van der Waals surface area contributed by atoms with Crippen molar-refractivity contribution in [3.63, 3.8) is 0 Å². The highest BCUT2D eigenvalue weighted by molar-refractivity contribution is 6.42. The normalized spacial score (nSPS) is 11.8.